The molecule has 9 nitrogen and oxygen atoms in total. The van der Waals surface area contributed by atoms with Crippen LogP contribution in [0.1, 0.15) is 44.1 Å². The Morgan fingerprint density at radius 2 is 1.78 bits per heavy atom. The molecule has 1 heterocycles. The largest absolute Gasteiger partial charge is 0.385 e. The number of sulfone groups is 1. The van der Waals surface area contributed by atoms with E-state index in [9.17, 15) is 18.0 Å². The number of amides is 3. The standard InChI is InChI=1S/C26H42N4O5S/c1-28(2)26(22-9-6-5-7-10-22)14-12-25(13-15-26)21-29(24(32)30(25)17-8-19-35-3)18-11-23(31)27-16-20-36(4,33)34/h5-7,9-10H,8,11-21H2,1-4H3,(H,27,31)/t25-,26+. The first-order valence-corrected chi connectivity index (χ1v) is 14.8. The normalized spacial score (nSPS) is 24.6. The maximum atomic E-state index is 13.5. The van der Waals surface area contributed by atoms with Gasteiger partial charge >= 0.3 is 6.03 Å². The van der Waals surface area contributed by atoms with Crippen LogP contribution >= 0.6 is 0 Å². The summed E-state index contributed by atoms with van der Waals surface area (Å²) in [5.74, 6) is -0.329. The van der Waals surface area contributed by atoms with Crippen molar-refractivity contribution in [3.8, 4) is 0 Å². The number of hydrogen-bond acceptors (Lipinski definition) is 6. The molecule has 10 heteroatoms. The van der Waals surface area contributed by atoms with Crippen molar-refractivity contribution in [3.05, 3.63) is 35.9 Å². The number of carbonyl (C=O) groups excluding carboxylic acids is 2. The third kappa shape index (κ3) is 6.58. The highest BCUT2D eigenvalue weighted by molar-refractivity contribution is 7.90. The number of rotatable bonds is 12. The average Bonchev–Trinajstić information content (AvgIpc) is 3.09. The second-order valence-corrected chi connectivity index (χ2v) is 12.7. The van der Waals surface area contributed by atoms with E-state index in [1.165, 1.54) is 5.56 Å². The van der Waals surface area contributed by atoms with E-state index in [1.807, 2.05) is 11.0 Å². The van der Waals surface area contributed by atoms with Gasteiger partial charge in [-0.1, -0.05) is 30.3 Å². The fourth-order valence-electron chi connectivity index (χ4n) is 5.76. The van der Waals surface area contributed by atoms with Gasteiger partial charge in [0.1, 0.15) is 9.84 Å². The van der Waals surface area contributed by atoms with Crippen molar-refractivity contribution >= 4 is 21.8 Å². The minimum absolute atomic E-state index is 0.0212. The van der Waals surface area contributed by atoms with Gasteiger partial charge in [0, 0.05) is 58.1 Å². The van der Waals surface area contributed by atoms with Crippen LogP contribution in [0.5, 0.6) is 0 Å². The molecule has 3 rings (SSSR count). The van der Waals surface area contributed by atoms with Crippen molar-refractivity contribution in [2.45, 2.75) is 49.6 Å². The Kier molecular flexibility index (Phi) is 9.40. The summed E-state index contributed by atoms with van der Waals surface area (Å²) in [5, 5.41) is 2.65. The van der Waals surface area contributed by atoms with E-state index in [1.54, 1.807) is 12.0 Å². The summed E-state index contributed by atoms with van der Waals surface area (Å²) in [6, 6.07) is 10.6. The van der Waals surface area contributed by atoms with Gasteiger partial charge < -0.3 is 19.9 Å². The number of nitrogens with zero attached hydrogens (tertiary/aromatic N) is 3. The molecule has 0 radical (unpaired) electrons. The maximum absolute atomic E-state index is 13.5. The van der Waals surface area contributed by atoms with Gasteiger partial charge in [0.05, 0.1) is 11.3 Å². The van der Waals surface area contributed by atoms with Crippen molar-refractivity contribution < 1.29 is 22.7 Å². The lowest BCUT2D eigenvalue weighted by molar-refractivity contribution is -0.121. The van der Waals surface area contributed by atoms with E-state index >= 15 is 0 Å². The molecule has 1 spiro atoms. The first-order valence-electron chi connectivity index (χ1n) is 12.8. The van der Waals surface area contributed by atoms with E-state index in [4.69, 9.17) is 4.74 Å². The molecule has 1 N–H and O–H groups in total. The molecule has 1 aliphatic heterocycles. The summed E-state index contributed by atoms with van der Waals surface area (Å²) in [5.41, 5.74) is 0.981. The monoisotopic (exact) mass is 522 g/mol. The Morgan fingerprint density at radius 1 is 1.11 bits per heavy atom. The first-order chi connectivity index (χ1) is 17.0. The van der Waals surface area contributed by atoms with Gasteiger partial charge in [0.15, 0.2) is 0 Å². The van der Waals surface area contributed by atoms with E-state index in [0.717, 1.165) is 38.4 Å². The Morgan fingerprint density at radius 3 is 2.36 bits per heavy atom. The Labute approximate surface area is 216 Å². The van der Waals surface area contributed by atoms with Gasteiger partial charge in [0.2, 0.25) is 5.91 Å². The minimum Gasteiger partial charge on any atom is -0.385 e. The number of hydrogen-bond donors (Lipinski definition) is 1. The molecule has 1 aromatic carbocycles. The van der Waals surface area contributed by atoms with Crippen LogP contribution in [0, 0.1) is 0 Å². The van der Waals surface area contributed by atoms with Crippen LogP contribution in [0.2, 0.25) is 0 Å². The van der Waals surface area contributed by atoms with Gasteiger partial charge in [-0.05, 0) is 51.8 Å². The molecule has 0 atom stereocenters. The molecule has 0 bridgehead atoms. The summed E-state index contributed by atoms with van der Waals surface area (Å²) in [6.45, 7) is 2.24. The predicted molar refractivity (Wildman–Crippen MR) is 141 cm³/mol. The molecule has 1 aliphatic carbocycles. The fourth-order valence-corrected chi connectivity index (χ4v) is 6.23. The molecular weight excluding hydrogens is 480 g/mol. The van der Waals surface area contributed by atoms with Gasteiger partial charge in [0.25, 0.3) is 0 Å². The van der Waals surface area contributed by atoms with Gasteiger partial charge in [-0.2, -0.15) is 0 Å². The number of nitrogens with one attached hydrogen (secondary N) is 1. The van der Waals surface area contributed by atoms with Crippen molar-refractivity contribution in [2.24, 2.45) is 0 Å². The second-order valence-electron chi connectivity index (χ2n) is 10.4. The van der Waals surface area contributed by atoms with E-state index < -0.39 is 9.84 Å². The minimum atomic E-state index is -3.13. The summed E-state index contributed by atoms with van der Waals surface area (Å²) < 4.78 is 27.8. The zero-order chi connectivity index (χ0) is 26.4. The van der Waals surface area contributed by atoms with Crippen molar-refractivity contribution in [3.63, 3.8) is 0 Å². The lowest BCUT2D eigenvalue weighted by atomic mass is 9.68. The quantitative estimate of drug-likeness (QED) is 0.422. The fraction of sp³-hybridized carbons (Fsp3) is 0.692. The predicted octanol–water partition coefficient (Wildman–Crippen LogP) is 2.08. The highest BCUT2D eigenvalue weighted by atomic mass is 32.2. The molecule has 36 heavy (non-hydrogen) atoms. The molecule has 0 unspecified atom stereocenters. The lowest BCUT2D eigenvalue weighted by Crippen LogP contribution is -2.55. The van der Waals surface area contributed by atoms with Crippen LogP contribution < -0.4 is 5.32 Å². The highest BCUT2D eigenvalue weighted by Gasteiger charge is 2.54. The van der Waals surface area contributed by atoms with E-state index in [-0.39, 0.29) is 41.7 Å². The molecule has 1 saturated heterocycles. The second kappa shape index (κ2) is 11.9. The lowest BCUT2D eigenvalue weighted by Gasteiger charge is -2.51. The molecule has 202 valence electrons. The summed E-state index contributed by atoms with van der Waals surface area (Å²) in [6.07, 6.45) is 5.72. The molecule has 1 saturated carbocycles. The SMILES string of the molecule is COCCCN1C(=O)N(CCC(=O)NCCS(C)(=O)=O)C[C@]12CC[C@](c1ccccc1)(N(C)C)CC2. The van der Waals surface area contributed by atoms with Crippen LogP contribution in [0.15, 0.2) is 30.3 Å². The zero-order valence-corrected chi connectivity index (χ0v) is 23.0. The van der Waals surface area contributed by atoms with Crippen molar-refractivity contribution in [2.75, 3.05) is 66.0 Å². The average molecular weight is 523 g/mol. The topological polar surface area (TPSA) is 99.3 Å². The molecular formula is C26H42N4O5S. The molecule has 2 aliphatic rings. The maximum Gasteiger partial charge on any atom is 0.320 e. The molecule has 1 aromatic rings. The summed E-state index contributed by atoms with van der Waals surface area (Å²) in [4.78, 5) is 31.9. The zero-order valence-electron chi connectivity index (χ0n) is 22.2. The summed E-state index contributed by atoms with van der Waals surface area (Å²) in [7, 11) is 2.81. The third-order valence-electron chi connectivity index (χ3n) is 7.87. The van der Waals surface area contributed by atoms with E-state index in [2.05, 4.69) is 48.6 Å². The Balaban J connectivity index is 1.70. The van der Waals surface area contributed by atoms with Gasteiger partial charge in [-0.15, -0.1) is 0 Å². The van der Waals surface area contributed by atoms with Crippen LogP contribution in [0.4, 0.5) is 4.79 Å². The van der Waals surface area contributed by atoms with E-state index in [0.29, 0.717) is 26.2 Å². The number of carbonyl (C=O) groups is 2. The van der Waals surface area contributed by atoms with Crippen molar-refractivity contribution in [1.82, 2.24) is 20.0 Å². The Hall–Kier alpha value is -2.17. The van der Waals surface area contributed by atoms with Crippen LogP contribution in [0.25, 0.3) is 0 Å². The van der Waals surface area contributed by atoms with Crippen molar-refractivity contribution in [1.29, 1.82) is 0 Å². The molecule has 2 fully saturated rings. The first kappa shape index (κ1) is 28.4. The number of benzene rings is 1. The summed E-state index contributed by atoms with van der Waals surface area (Å²) >= 11 is 0. The highest BCUT2D eigenvalue weighted by Crippen LogP contribution is 2.48. The Bertz CT molecular complexity index is 991. The van der Waals surface area contributed by atoms with Crippen LogP contribution in [0.3, 0.4) is 0 Å². The van der Waals surface area contributed by atoms with Crippen LogP contribution in [-0.2, 0) is 24.9 Å². The molecule has 3 amide bonds. The number of methoxy groups -OCH3 is 1. The van der Waals surface area contributed by atoms with Gasteiger partial charge in [-0.25, -0.2) is 13.2 Å². The number of ether oxygens (including phenoxy) is 1. The van der Waals surface area contributed by atoms with Gasteiger partial charge in [-0.3, -0.25) is 9.69 Å². The molecule has 0 aromatic heterocycles. The van der Waals surface area contributed by atoms with Crippen LogP contribution in [-0.4, -0.2) is 107 Å². The number of urea groups is 1. The third-order valence-corrected chi connectivity index (χ3v) is 8.81. The smallest absolute Gasteiger partial charge is 0.320 e.